The Morgan fingerprint density at radius 1 is 1.02 bits per heavy atom. The van der Waals surface area contributed by atoms with Crippen molar-refractivity contribution in [1.29, 1.82) is 0 Å². The van der Waals surface area contributed by atoms with Crippen LogP contribution in [0.2, 0.25) is 0 Å². The predicted octanol–water partition coefficient (Wildman–Crippen LogP) is 6.45. The second-order valence-electron chi connectivity index (χ2n) is 12.9. The quantitative estimate of drug-likeness (QED) is 0.237. The Balaban J connectivity index is 1.16. The minimum Gasteiger partial charge on any atom is -0.494 e. The molecule has 3 aliphatic rings. The summed E-state index contributed by atoms with van der Waals surface area (Å²) in [7, 11) is 3.71. The lowest BCUT2D eigenvalue weighted by atomic mass is 10.0. The summed E-state index contributed by atoms with van der Waals surface area (Å²) in [4.78, 5) is 25.4. The van der Waals surface area contributed by atoms with Gasteiger partial charge in [0, 0.05) is 48.7 Å². The summed E-state index contributed by atoms with van der Waals surface area (Å²) in [5.41, 5.74) is 16.3. The third kappa shape index (κ3) is 3.95. The molecule has 0 unspecified atom stereocenters. The van der Waals surface area contributed by atoms with Gasteiger partial charge < -0.3 is 24.5 Å². The number of piperidine rings is 1. The maximum absolute atomic E-state index is 13.7. The number of rotatable bonds is 6. The van der Waals surface area contributed by atoms with Crippen molar-refractivity contribution in [3.8, 4) is 28.4 Å². The molecular weight excluding hydrogens is 568 g/mol. The van der Waals surface area contributed by atoms with Gasteiger partial charge in [0.1, 0.15) is 11.3 Å². The first-order chi connectivity index (χ1) is 21.5. The van der Waals surface area contributed by atoms with Crippen molar-refractivity contribution in [2.75, 3.05) is 13.7 Å². The molecule has 8 nitrogen and oxygen atoms in total. The van der Waals surface area contributed by atoms with E-state index in [2.05, 4.69) is 56.6 Å². The Bertz CT molecular complexity index is 2120. The molecule has 1 aliphatic heterocycles. The second kappa shape index (κ2) is 9.64. The number of hydrogen-bond donors (Lipinski definition) is 1. The minimum absolute atomic E-state index is 0.0197. The number of aryl methyl sites for hydroxylation is 1. The lowest BCUT2D eigenvalue weighted by Crippen LogP contribution is -2.41. The highest BCUT2D eigenvalue weighted by atomic mass is 32.1. The summed E-state index contributed by atoms with van der Waals surface area (Å²) in [5, 5.41) is 1.19. The molecule has 3 atom stereocenters. The molecule has 3 aromatic heterocycles. The summed E-state index contributed by atoms with van der Waals surface area (Å²) in [5.74, 6) is 2.62. The van der Waals surface area contributed by atoms with E-state index >= 15 is 0 Å². The van der Waals surface area contributed by atoms with Crippen LogP contribution in [0.15, 0.2) is 60.1 Å². The summed E-state index contributed by atoms with van der Waals surface area (Å²) < 4.78 is 11.6. The van der Waals surface area contributed by atoms with Gasteiger partial charge >= 0.3 is 0 Å². The first-order valence-electron chi connectivity index (χ1n) is 15.5. The lowest BCUT2D eigenvalue weighted by molar-refractivity contribution is 0.0700. The van der Waals surface area contributed by atoms with Gasteiger partial charge in [-0.1, -0.05) is 18.2 Å². The molecule has 4 heterocycles. The average Bonchev–Trinajstić information content (AvgIpc) is 3.34. The van der Waals surface area contributed by atoms with Crippen molar-refractivity contribution in [3.05, 3.63) is 65.7 Å². The van der Waals surface area contributed by atoms with Crippen LogP contribution >= 0.6 is 11.3 Å². The molecule has 222 valence electrons. The molecule has 0 radical (unpaired) electrons. The Kier molecular flexibility index (Phi) is 5.75. The first kappa shape index (κ1) is 26.2. The zero-order chi connectivity index (χ0) is 29.7. The third-order valence-corrected chi connectivity index (χ3v) is 11.1. The van der Waals surface area contributed by atoms with E-state index in [4.69, 9.17) is 15.5 Å². The first-order valence-corrected chi connectivity index (χ1v) is 16.4. The van der Waals surface area contributed by atoms with Crippen LogP contribution in [0.25, 0.3) is 54.8 Å². The van der Waals surface area contributed by atoms with Crippen molar-refractivity contribution in [2.24, 2.45) is 24.6 Å². The van der Waals surface area contributed by atoms with Crippen LogP contribution in [0.4, 0.5) is 0 Å². The van der Waals surface area contributed by atoms with Gasteiger partial charge in [-0.15, -0.1) is 11.3 Å². The topological polar surface area (TPSA) is 91.2 Å². The van der Waals surface area contributed by atoms with Crippen LogP contribution in [0, 0.1) is 11.8 Å². The van der Waals surface area contributed by atoms with Gasteiger partial charge in [0.15, 0.2) is 5.82 Å². The van der Waals surface area contributed by atoms with Gasteiger partial charge in [0.2, 0.25) is 0 Å². The molecule has 9 rings (SSSR count). The van der Waals surface area contributed by atoms with Crippen LogP contribution in [-0.4, -0.2) is 55.6 Å². The summed E-state index contributed by atoms with van der Waals surface area (Å²) in [6.45, 7) is 1.69. The van der Waals surface area contributed by atoms with Crippen LogP contribution in [0.5, 0.6) is 5.75 Å². The third-order valence-electron chi connectivity index (χ3n) is 10.3. The Hall–Kier alpha value is -4.21. The van der Waals surface area contributed by atoms with Crippen molar-refractivity contribution in [2.45, 2.75) is 44.3 Å². The number of ether oxygens (including phenoxy) is 1. The fraction of sp³-hybridized carbons (Fsp3) is 0.343. The van der Waals surface area contributed by atoms with Gasteiger partial charge in [-0.05, 0) is 85.0 Å². The minimum atomic E-state index is 0.0197. The number of hydrogen-bond acceptors (Lipinski definition) is 6. The molecule has 2 bridgehead atoms. The lowest BCUT2D eigenvalue weighted by Gasteiger charge is -2.27. The molecule has 9 heteroatoms. The summed E-state index contributed by atoms with van der Waals surface area (Å²) >= 11 is 1.67. The highest BCUT2D eigenvalue weighted by Crippen LogP contribution is 2.41. The number of benzene rings is 3. The summed E-state index contributed by atoms with van der Waals surface area (Å²) in [6.07, 6.45) is 4.60. The van der Waals surface area contributed by atoms with Crippen LogP contribution in [0.1, 0.15) is 36.0 Å². The number of thiazole rings is 1. The number of fused-ring (bicyclic) bond motifs is 5. The number of carbonyl (C=O) groups excluding carboxylic acids is 1. The number of methoxy groups -OCH3 is 1. The molecule has 1 saturated heterocycles. The van der Waals surface area contributed by atoms with E-state index in [1.165, 1.54) is 39.6 Å². The van der Waals surface area contributed by atoms with E-state index in [0.29, 0.717) is 23.1 Å². The van der Waals surface area contributed by atoms with E-state index in [1.54, 1.807) is 18.4 Å². The number of aromatic nitrogens is 4. The second-order valence-corrected chi connectivity index (χ2v) is 13.8. The maximum atomic E-state index is 13.7. The highest BCUT2D eigenvalue weighted by molar-refractivity contribution is 7.16. The molecule has 6 aromatic rings. The van der Waals surface area contributed by atoms with Gasteiger partial charge in [-0.2, -0.15) is 0 Å². The maximum Gasteiger partial charge on any atom is 0.254 e. The number of imidazole rings is 1. The molecule has 1 amide bonds. The van der Waals surface area contributed by atoms with Crippen LogP contribution in [-0.2, 0) is 13.6 Å². The van der Waals surface area contributed by atoms with Crippen LogP contribution < -0.4 is 10.5 Å². The Morgan fingerprint density at radius 3 is 2.64 bits per heavy atom. The van der Waals surface area contributed by atoms with Crippen molar-refractivity contribution in [3.63, 3.8) is 0 Å². The largest absolute Gasteiger partial charge is 0.494 e. The van der Waals surface area contributed by atoms with Gasteiger partial charge in [-0.25, -0.2) is 9.97 Å². The Labute approximate surface area is 259 Å². The normalized spacial score (nSPS) is 21.3. The van der Waals surface area contributed by atoms with E-state index < -0.39 is 0 Å². The molecule has 2 aliphatic carbocycles. The molecule has 3 aromatic carbocycles. The SMILES string of the molecule is COc1cc(C(=O)N2C[C@H]3CC[C@@H]2[C@@H]3N)cc2nc(-c3cc4ccc(-c5ccc6scnc6c5)cc4n3CC3CC3)n(C)c12. The number of carbonyl (C=O) groups is 1. The Morgan fingerprint density at radius 2 is 1.86 bits per heavy atom. The van der Waals surface area contributed by atoms with Gasteiger partial charge in [0.25, 0.3) is 5.91 Å². The number of nitrogens with two attached hydrogens (primary N) is 1. The molecular formula is C35H34N6O2S. The van der Waals surface area contributed by atoms with E-state index in [1.807, 2.05) is 29.6 Å². The zero-order valence-electron chi connectivity index (χ0n) is 24.9. The predicted molar refractivity (Wildman–Crippen MR) is 175 cm³/mol. The van der Waals surface area contributed by atoms with Crippen molar-refractivity contribution >= 4 is 49.4 Å². The fourth-order valence-corrected chi connectivity index (χ4v) is 8.34. The van der Waals surface area contributed by atoms with Crippen molar-refractivity contribution in [1.82, 2.24) is 24.0 Å². The molecule has 44 heavy (non-hydrogen) atoms. The zero-order valence-corrected chi connectivity index (χ0v) is 25.7. The molecule has 2 saturated carbocycles. The molecule has 0 spiro atoms. The smallest absolute Gasteiger partial charge is 0.254 e. The fourth-order valence-electron chi connectivity index (χ4n) is 7.68. The number of likely N-dealkylation sites (tertiary alicyclic amines) is 1. The molecule has 2 N–H and O–H groups in total. The monoisotopic (exact) mass is 602 g/mol. The highest BCUT2D eigenvalue weighted by Gasteiger charge is 2.47. The van der Waals surface area contributed by atoms with Crippen molar-refractivity contribution < 1.29 is 9.53 Å². The van der Waals surface area contributed by atoms with Gasteiger partial charge in [-0.3, -0.25) is 4.79 Å². The standard InChI is InChI=1S/C35H34N6O2S/c1-39-33-26(12-24(15-30(33)43-2)35(42)41-17-23-7-9-27(41)32(23)36)38-34(39)29-14-22-6-5-21(13-28(22)40(29)16-19-3-4-19)20-8-10-31-25(11-20)37-18-44-31/h5-6,8,10-15,18-19,23,27,32H,3-4,7,9,16-17,36H2,1-2H3/t23-,27-,32-/m1/s1. The van der Waals surface area contributed by atoms with E-state index in [-0.39, 0.29) is 18.0 Å². The van der Waals surface area contributed by atoms with E-state index in [9.17, 15) is 4.79 Å². The number of amides is 1. The van der Waals surface area contributed by atoms with Gasteiger partial charge in [0.05, 0.1) is 34.0 Å². The average molecular weight is 603 g/mol. The number of nitrogens with zero attached hydrogens (tertiary/aromatic N) is 5. The van der Waals surface area contributed by atoms with Crippen LogP contribution in [0.3, 0.4) is 0 Å². The summed E-state index contributed by atoms with van der Waals surface area (Å²) in [6, 6.07) is 19.5. The van der Waals surface area contributed by atoms with E-state index in [0.717, 1.165) is 54.0 Å². The molecule has 3 fully saturated rings.